The molecule has 2 aromatic rings. The van der Waals surface area contributed by atoms with Crippen molar-refractivity contribution < 1.29 is 14.3 Å². The number of aryl methyl sites for hydroxylation is 1. The Morgan fingerprint density at radius 1 is 1.06 bits per heavy atom. The number of carbonyl (C=O) groups excluding carboxylic acids is 2. The molecule has 172 valence electrons. The molecule has 1 aliphatic heterocycles. The first-order valence-corrected chi connectivity index (χ1v) is 11.3. The highest BCUT2D eigenvalue weighted by molar-refractivity contribution is 5.97. The molecule has 2 aromatic carbocycles. The molecular weight excluding hydrogens is 402 g/mol. The van der Waals surface area contributed by atoms with Crippen LogP contribution in [0.5, 0.6) is 0 Å². The topological polar surface area (TPSA) is 70.7 Å². The van der Waals surface area contributed by atoms with E-state index >= 15 is 0 Å². The molecule has 0 radical (unpaired) electrons. The zero-order valence-corrected chi connectivity index (χ0v) is 19.6. The lowest BCUT2D eigenvalue weighted by Crippen LogP contribution is -2.57. The highest BCUT2D eigenvalue weighted by Gasteiger charge is 2.38. The van der Waals surface area contributed by atoms with Gasteiger partial charge in [-0.05, 0) is 49.9 Å². The van der Waals surface area contributed by atoms with Gasteiger partial charge in [-0.15, -0.1) is 0 Å². The molecule has 1 fully saturated rings. The van der Waals surface area contributed by atoms with Gasteiger partial charge in [0.05, 0.1) is 12.1 Å². The number of methoxy groups -OCH3 is 1. The van der Waals surface area contributed by atoms with Crippen LogP contribution < -0.4 is 10.6 Å². The summed E-state index contributed by atoms with van der Waals surface area (Å²) in [4.78, 5) is 28.0. The fraction of sp³-hybridized carbons (Fsp3) is 0.462. The predicted molar refractivity (Wildman–Crippen MR) is 128 cm³/mol. The zero-order chi connectivity index (χ0) is 23.1. The Labute approximate surface area is 191 Å². The number of para-hydroxylation sites is 1. The Hall–Kier alpha value is -2.86. The summed E-state index contributed by atoms with van der Waals surface area (Å²) in [6, 6.07) is 17.0. The minimum atomic E-state index is -0.556. The van der Waals surface area contributed by atoms with E-state index in [4.69, 9.17) is 4.74 Å². The molecule has 0 aliphatic carbocycles. The molecule has 2 amide bonds. The van der Waals surface area contributed by atoms with Gasteiger partial charge in [-0.3, -0.25) is 9.59 Å². The molecule has 0 saturated carbocycles. The van der Waals surface area contributed by atoms with Gasteiger partial charge in [0.2, 0.25) is 5.91 Å². The highest BCUT2D eigenvalue weighted by atomic mass is 16.5. The van der Waals surface area contributed by atoms with Gasteiger partial charge in [0.1, 0.15) is 6.04 Å². The lowest BCUT2D eigenvalue weighted by Gasteiger charge is -2.43. The Morgan fingerprint density at radius 3 is 2.34 bits per heavy atom. The fourth-order valence-electron chi connectivity index (χ4n) is 4.29. The second-order valence-corrected chi connectivity index (χ2v) is 9.09. The van der Waals surface area contributed by atoms with E-state index in [1.165, 1.54) is 0 Å². The van der Waals surface area contributed by atoms with Gasteiger partial charge in [0.25, 0.3) is 5.91 Å². The van der Waals surface area contributed by atoms with E-state index in [1.807, 2.05) is 74.2 Å². The number of ether oxygens (including phenoxy) is 1. The Kier molecular flexibility index (Phi) is 7.91. The number of likely N-dealkylation sites (tertiary alicyclic amines) is 1. The first kappa shape index (κ1) is 23.8. The van der Waals surface area contributed by atoms with Crippen LogP contribution in [0.15, 0.2) is 54.6 Å². The molecule has 6 heteroatoms. The van der Waals surface area contributed by atoms with Crippen LogP contribution in [0, 0.1) is 12.8 Å². The average Bonchev–Trinajstić information content (AvgIpc) is 2.78. The average molecular weight is 438 g/mol. The number of amides is 2. The normalized spacial score (nSPS) is 16.5. The molecule has 2 N–H and O–H groups in total. The van der Waals surface area contributed by atoms with Crippen LogP contribution in [0.2, 0.25) is 0 Å². The molecule has 0 spiro atoms. The maximum absolute atomic E-state index is 13.4. The monoisotopic (exact) mass is 437 g/mol. The summed E-state index contributed by atoms with van der Waals surface area (Å²) in [7, 11) is 1.71. The minimum absolute atomic E-state index is 0.00985. The van der Waals surface area contributed by atoms with E-state index in [0.29, 0.717) is 25.3 Å². The van der Waals surface area contributed by atoms with E-state index in [2.05, 4.69) is 10.6 Å². The third kappa shape index (κ3) is 5.88. The summed E-state index contributed by atoms with van der Waals surface area (Å²) in [5.41, 5.74) is 2.43. The van der Waals surface area contributed by atoms with Crippen LogP contribution in [0.25, 0.3) is 0 Å². The van der Waals surface area contributed by atoms with Crippen LogP contribution in [0.4, 0.5) is 5.69 Å². The van der Waals surface area contributed by atoms with Gasteiger partial charge in [-0.1, -0.05) is 49.7 Å². The number of rotatable bonds is 8. The number of anilines is 1. The number of nitrogens with zero attached hydrogens (tertiary/aromatic N) is 1. The summed E-state index contributed by atoms with van der Waals surface area (Å²) < 4.78 is 5.53. The van der Waals surface area contributed by atoms with E-state index in [9.17, 15) is 9.59 Å². The van der Waals surface area contributed by atoms with E-state index in [1.54, 1.807) is 13.2 Å². The largest absolute Gasteiger partial charge is 0.382 e. The van der Waals surface area contributed by atoms with E-state index in [-0.39, 0.29) is 23.3 Å². The third-order valence-electron chi connectivity index (χ3n) is 6.14. The maximum Gasteiger partial charge on any atom is 0.251 e. The molecule has 1 atom stereocenters. The molecule has 32 heavy (non-hydrogen) atoms. The lowest BCUT2D eigenvalue weighted by atomic mass is 9.87. The Bertz CT molecular complexity index is 906. The number of carbonyl (C=O) groups is 2. The third-order valence-corrected chi connectivity index (χ3v) is 6.14. The SMILES string of the molecule is COCC1(Nc2ccccc2)CCN(C(=O)C(NC(=O)c2cccc(C)c2)C(C)C)CC1. The molecule has 0 bridgehead atoms. The molecule has 6 nitrogen and oxygen atoms in total. The van der Waals surface area contributed by atoms with Crippen molar-refractivity contribution in [3.63, 3.8) is 0 Å². The number of nitrogens with one attached hydrogen (secondary N) is 2. The molecule has 1 heterocycles. The summed E-state index contributed by atoms with van der Waals surface area (Å²) in [5.74, 6) is -0.242. The Balaban J connectivity index is 1.66. The van der Waals surface area contributed by atoms with Crippen molar-refractivity contribution >= 4 is 17.5 Å². The summed E-state index contributed by atoms with van der Waals surface area (Å²) in [5, 5.41) is 6.61. The molecule has 3 rings (SSSR count). The van der Waals surface area contributed by atoms with Gasteiger partial charge in [0.15, 0.2) is 0 Å². The first-order chi connectivity index (χ1) is 15.3. The van der Waals surface area contributed by atoms with E-state index in [0.717, 1.165) is 24.1 Å². The van der Waals surface area contributed by atoms with Gasteiger partial charge < -0.3 is 20.3 Å². The van der Waals surface area contributed by atoms with Crippen molar-refractivity contribution in [3.05, 3.63) is 65.7 Å². The Morgan fingerprint density at radius 2 is 1.75 bits per heavy atom. The lowest BCUT2D eigenvalue weighted by molar-refractivity contribution is -0.136. The van der Waals surface area contributed by atoms with Crippen LogP contribution in [-0.2, 0) is 9.53 Å². The highest BCUT2D eigenvalue weighted by Crippen LogP contribution is 2.28. The van der Waals surface area contributed by atoms with Gasteiger partial charge in [-0.2, -0.15) is 0 Å². The van der Waals surface area contributed by atoms with Crippen molar-refractivity contribution in [2.75, 3.05) is 32.1 Å². The smallest absolute Gasteiger partial charge is 0.251 e. The van der Waals surface area contributed by atoms with Gasteiger partial charge >= 0.3 is 0 Å². The summed E-state index contributed by atoms with van der Waals surface area (Å²) >= 11 is 0. The van der Waals surface area contributed by atoms with Crippen molar-refractivity contribution in [2.45, 2.75) is 45.2 Å². The second-order valence-electron chi connectivity index (χ2n) is 9.09. The second kappa shape index (κ2) is 10.6. The summed E-state index contributed by atoms with van der Waals surface area (Å²) in [6.07, 6.45) is 1.55. The zero-order valence-electron chi connectivity index (χ0n) is 19.6. The molecular formula is C26H35N3O3. The fourth-order valence-corrected chi connectivity index (χ4v) is 4.29. The quantitative estimate of drug-likeness (QED) is 0.658. The predicted octanol–water partition coefficient (Wildman–Crippen LogP) is 3.87. The molecule has 1 aliphatic rings. The van der Waals surface area contributed by atoms with Crippen molar-refractivity contribution in [3.8, 4) is 0 Å². The molecule has 1 saturated heterocycles. The van der Waals surface area contributed by atoms with Crippen LogP contribution in [0.3, 0.4) is 0 Å². The standard InChI is InChI=1S/C26H35N3O3/c1-19(2)23(27-24(30)21-10-8-9-20(3)17-21)25(31)29-15-13-26(14-16-29,18-32-4)28-22-11-6-5-7-12-22/h5-12,17,19,23,28H,13-16,18H2,1-4H3,(H,27,30). The number of hydrogen-bond donors (Lipinski definition) is 2. The van der Waals surface area contributed by atoms with Crippen molar-refractivity contribution in [1.29, 1.82) is 0 Å². The van der Waals surface area contributed by atoms with Gasteiger partial charge in [-0.25, -0.2) is 0 Å². The van der Waals surface area contributed by atoms with Crippen LogP contribution >= 0.6 is 0 Å². The molecule has 0 aromatic heterocycles. The van der Waals surface area contributed by atoms with Gasteiger partial charge in [0, 0.05) is 31.5 Å². The van der Waals surface area contributed by atoms with Crippen LogP contribution in [-0.4, -0.2) is 55.1 Å². The number of hydrogen-bond acceptors (Lipinski definition) is 4. The van der Waals surface area contributed by atoms with E-state index < -0.39 is 6.04 Å². The maximum atomic E-state index is 13.4. The van der Waals surface area contributed by atoms with Crippen molar-refractivity contribution in [1.82, 2.24) is 10.2 Å². The van der Waals surface area contributed by atoms with Crippen molar-refractivity contribution in [2.24, 2.45) is 5.92 Å². The minimum Gasteiger partial charge on any atom is -0.382 e. The number of benzene rings is 2. The van der Waals surface area contributed by atoms with Crippen LogP contribution in [0.1, 0.15) is 42.6 Å². The first-order valence-electron chi connectivity index (χ1n) is 11.3. The summed E-state index contributed by atoms with van der Waals surface area (Å²) in [6.45, 7) is 7.69. The molecule has 1 unspecified atom stereocenters. The number of piperidine rings is 1.